The maximum atomic E-state index is 13.4. The lowest BCUT2D eigenvalue weighted by Crippen LogP contribution is -2.08. The van der Waals surface area contributed by atoms with Gasteiger partial charge in [0.15, 0.2) is 0 Å². The van der Waals surface area contributed by atoms with Crippen LogP contribution in [0.15, 0.2) is 16.6 Å². The van der Waals surface area contributed by atoms with Gasteiger partial charge in [0.25, 0.3) is 0 Å². The summed E-state index contributed by atoms with van der Waals surface area (Å²) < 4.78 is 13.9. The number of hydrogen-bond acceptors (Lipinski definition) is 1. The molecule has 1 aromatic rings. The average molecular weight is 322 g/mol. The molecule has 0 aliphatic heterocycles. The number of halogens is 5. The normalized spacial score (nSPS) is 13.4. The zero-order valence-corrected chi connectivity index (χ0v) is 10.5. The van der Waals surface area contributed by atoms with Gasteiger partial charge in [-0.2, -0.15) is 0 Å². The number of benzene rings is 1. The van der Waals surface area contributed by atoms with Crippen molar-refractivity contribution in [1.29, 1.82) is 0 Å². The van der Waals surface area contributed by atoms with Crippen LogP contribution in [0.5, 0.6) is 0 Å². The smallest absolute Gasteiger partial charge is 0.147 e. The molecular weight excluding hydrogens is 317 g/mol. The molecule has 1 aromatic carbocycles. The maximum Gasteiger partial charge on any atom is 0.147 e. The van der Waals surface area contributed by atoms with Crippen LogP contribution in [0.1, 0.15) is 11.7 Å². The van der Waals surface area contributed by atoms with E-state index in [0.717, 1.165) is 0 Å². The molecule has 0 aromatic heterocycles. The van der Waals surface area contributed by atoms with Crippen LogP contribution in [0, 0.1) is 5.82 Å². The molecule has 0 heterocycles. The van der Waals surface area contributed by atoms with Crippen molar-refractivity contribution in [3.05, 3.63) is 33.0 Å². The highest BCUT2D eigenvalue weighted by Crippen LogP contribution is 2.32. The van der Waals surface area contributed by atoms with E-state index < -0.39 is 16.8 Å². The lowest BCUT2D eigenvalue weighted by atomic mass is 10.1. The van der Waals surface area contributed by atoms with E-state index in [2.05, 4.69) is 15.9 Å². The predicted octanol–water partition coefficient (Wildman–Crippen LogP) is 4.08. The molecule has 0 saturated carbocycles. The van der Waals surface area contributed by atoms with Crippen molar-refractivity contribution in [3.63, 3.8) is 0 Å². The number of aliphatic hydroxyl groups excluding tert-OH is 1. The minimum atomic E-state index is -1.30. The first-order chi connectivity index (χ1) is 6.43. The van der Waals surface area contributed by atoms with Crippen LogP contribution in [0.4, 0.5) is 4.39 Å². The standard InChI is InChI=1S/C8H5BrCl3FO/c9-3-1-4(7(14)8(11)12)6(13)5(10)2-3/h1-2,7-8,14H. The van der Waals surface area contributed by atoms with Crippen molar-refractivity contribution in [2.75, 3.05) is 0 Å². The summed E-state index contributed by atoms with van der Waals surface area (Å²) in [5, 5.41) is 9.35. The molecule has 1 atom stereocenters. The molecule has 1 unspecified atom stereocenters. The first-order valence-corrected chi connectivity index (χ1v) is 5.58. The molecule has 78 valence electrons. The number of rotatable bonds is 2. The van der Waals surface area contributed by atoms with Gasteiger partial charge in [-0.3, -0.25) is 0 Å². The van der Waals surface area contributed by atoms with Gasteiger partial charge in [-0.25, -0.2) is 4.39 Å². The largest absolute Gasteiger partial charge is 0.385 e. The molecule has 0 aliphatic carbocycles. The van der Waals surface area contributed by atoms with E-state index in [0.29, 0.717) is 4.47 Å². The minimum Gasteiger partial charge on any atom is -0.385 e. The fourth-order valence-corrected chi connectivity index (χ4v) is 2.03. The molecule has 1 rings (SSSR count). The highest BCUT2D eigenvalue weighted by molar-refractivity contribution is 9.10. The van der Waals surface area contributed by atoms with Crippen LogP contribution in [-0.4, -0.2) is 9.94 Å². The summed E-state index contributed by atoms with van der Waals surface area (Å²) in [5.74, 6) is -0.714. The van der Waals surface area contributed by atoms with Gasteiger partial charge in [-0.15, -0.1) is 23.2 Å². The number of alkyl halides is 2. The predicted molar refractivity (Wildman–Crippen MR) is 59.6 cm³/mol. The molecule has 0 fully saturated rings. The van der Waals surface area contributed by atoms with Crippen molar-refractivity contribution in [3.8, 4) is 0 Å². The summed E-state index contributed by atoms with van der Waals surface area (Å²) in [5.41, 5.74) is -0.0284. The summed E-state index contributed by atoms with van der Waals surface area (Å²) >= 11 is 19.5. The maximum absolute atomic E-state index is 13.4. The van der Waals surface area contributed by atoms with Gasteiger partial charge in [-0.1, -0.05) is 27.5 Å². The molecule has 6 heteroatoms. The molecular formula is C8H5BrCl3FO. The van der Waals surface area contributed by atoms with Crippen LogP contribution in [0.2, 0.25) is 5.02 Å². The second kappa shape index (κ2) is 4.99. The summed E-state index contributed by atoms with van der Waals surface area (Å²) in [6.07, 6.45) is -1.30. The minimum absolute atomic E-state index is 0.0284. The SMILES string of the molecule is OC(c1cc(Br)cc(Cl)c1F)C(Cl)Cl. The van der Waals surface area contributed by atoms with E-state index in [-0.39, 0.29) is 10.6 Å². The third kappa shape index (κ3) is 2.74. The van der Waals surface area contributed by atoms with Gasteiger partial charge >= 0.3 is 0 Å². The Morgan fingerprint density at radius 2 is 1.93 bits per heavy atom. The first kappa shape index (κ1) is 12.5. The summed E-state index contributed by atoms with van der Waals surface area (Å²) in [6.45, 7) is 0. The highest BCUT2D eigenvalue weighted by atomic mass is 79.9. The summed E-state index contributed by atoms with van der Waals surface area (Å²) in [6, 6.07) is 2.76. The second-order valence-electron chi connectivity index (χ2n) is 2.57. The van der Waals surface area contributed by atoms with Crippen molar-refractivity contribution < 1.29 is 9.50 Å². The lowest BCUT2D eigenvalue weighted by molar-refractivity contribution is 0.187. The van der Waals surface area contributed by atoms with Crippen molar-refractivity contribution in [2.24, 2.45) is 0 Å². The van der Waals surface area contributed by atoms with Gasteiger partial charge in [0.2, 0.25) is 0 Å². The monoisotopic (exact) mass is 320 g/mol. The van der Waals surface area contributed by atoms with E-state index in [9.17, 15) is 9.50 Å². The van der Waals surface area contributed by atoms with E-state index in [1.54, 1.807) is 0 Å². The Morgan fingerprint density at radius 1 is 1.36 bits per heavy atom. The van der Waals surface area contributed by atoms with E-state index in [4.69, 9.17) is 34.8 Å². The van der Waals surface area contributed by atoms with Crippen LogP contribution < -0.4 is 0 Å². The third-order valence-electron chi connectivity index (χ3n) is 1.58. The molecule has 1 N–H and O–H groups in total. The Morgan fingerprint density at radius 3 is 2.43 bits per heavy atom. The Bertz CT molecular complexity index is 346. The third-order valence-corrected chi connectivity index (χ3v) is 2.79. The van der Waals surface area contributed by atoms with Gasteiger partial charge in [0.05, 0.1) is 5.02 Å². The van der Waals surface area contributed by atoms with Crippen LogP contribution >= 0.6 is 50.7 Å². The van der Waals surface area contributed by atoms with Crippen molar-refractivity contribution in [1.82, 2.24) is 0 Å². The van der Waals surface area contributed by atoms with Crippen LogP contribution in [0.25, 0.3) is 0 Å². The Hall–Kier alpha value is 0.460. The Labute approximate surface area is 104 Å². The average Bonchev–Trinajstić information content (AvgIpc) is 2.09. The summed E-state index contributed by atoms with van der Waals surface area (Å²) in [7, 11) is 0. The molecule has 1 nitrogen and oxygen atoms in total. The first-order valence-electron chi connectivity index (χ1n) is 3.54. The van der Waals surface area contributed by atoms with Crippen molar-refractivity contribution >= 4 is 50.7 Å². The molecule has 0 spiro atoms. The molecule has 0 amide bonds. The fraction of sp³-hybridized carbons (Fsp3) is 0.250. The van der Waals surface area contributed by atoms with Crippen molar-refractivity contribution in [2.45, 2.75) is 10.9 Å². The highest BCUT2D eigenvalue weighted by Gasteiger charge is 2.21. The van der Waals surface area contributed by atoms with E-state index in [1.165, 1.54) is 12.1 Å². The molecule has 14 heavy (non-hydrogen) atoms. The molecule has 0 bridgehead atoms. The lowest BCUT2D eigenvalue weighted by Gasteiger charge is -2.13. The zero-order valence-electron chi connectivity index (χ0n) is 6.65. The number of aliphatic hydroxyl groups is 1. The van der Waals surface area contributed by atoms with Gasteiger partial charge < -0.3 is 5.11 Å². The molecule has 0 saturated heterocycles. The molecule has 0 radical (unpaired) electrons. The molecule has 0 aliphatic rings. The quantitative estimate of drug-likeness (QED) is 0.642. The number of hydrogen-bond donors (Lipinski definition) is 1. The van der Waals surface area contributed by atoms with Gasteiger partial charge in [0, 0.05) is 10.0 Å². The topological polar surface area (TPSA) is 20.2 Å². The second-order valence-corrected chi connectivity index (χ2v) is 5.06. The van der Waals surface area contributed by atoms with Gasteiger partial charge in [-0.05, 0) is 12.1 Å². The van der Waals surface area contributed by atoms with Gasteiger partial charge in [0.1, 0.15) is 16.8 Å². The summed E-state index contributed by atoms with van der Waals surface area (Å²) in [4.78, 5) is -1.10. The van der Waals surface area contributed by atoms with E-state index >= 15 is 0 Å². The Kier molecular flexibility index (Phi) is 4.47. The Balaban J connectivity index is 3.20. The van der Waals surface area contributed by atoms with E-state index in [1.807, 2.05) is 0 Å². The zero-order chi connectivity index (χ0) is 10.9. The fourth-order valence-electron chi connectivity index (χ4n) is 0.927. The van der Waals surface area contributed by atoms with Crippen LogP contribution in [0.3, 0.4) is 0 Å². The van der Waals surface area contributed by atoms with Crippen LogP contribution in [-0.2, 0) is 0 Å².